The van der Waals surface area contributed by atoms with Gasteiger partial charge in [0.25, 0.3) is 0 Å². The highest BCUT2D eigenvalue weighted by atomic mass is 15.1. The molecule has 298 valence electrons. The number of anilines is 3. The van der Waals surface area contributed by atoms with Gasteiger partial charge in [0.2, 0.25) is 0 Å². The topological polar surface area (TPSA) is 3.24 Å². The third kappa shape index (κ3) is 7.18. The highest BCUT2D eigenvalue weighted by Crippen LogP contribution is 2.57. The average molecular weight is 804 g/mol. The number of hydrogen-bond donors (Lipinski definition) is 0. The number of nitrogens with zero attached hydrogens (tertiary/aromatic N) is 1. The van der Waals surface area contributed by atoms with Crippen LogP contribution in [0.1, 0.15) is 49.9 Å². The molecular weight excluding hydrogens is 747 g/mol. The van der Waals surface area contributed by atoms with Crippen LogP contribution >= 0.6 is 0 Å². The minimum absolute atomic E-state index is 0.0586. The van der Waals surface area contributed by atoms with Crippen LogP contribution in [-0.4, -0.2) is 0 Å². The molecule has 0 saturated heterocycles. The first-order chi connectivity index (χ1) is 33.9. The molecule has 0 radical (unpaired) electrons. The van der Waals surface area contributed by atoms with Gasteiger partial charge in [-0.1, -0.05) is 207 Å². The van der Waals surface area contributed by atoms with Gasteiger partial charge < -0.3 is 4.90 Å². The molecule has 2 atom stereocenters. The summed E-state index contributed by atoms with van der Waals surface area (Å²) in [5.41, 5.74) is 7.42. The van der Waals surface area contributed by atoms with Crippen molar-refractivity contribution in [2.24, 2.45) is 11.8 Å². The molecule has 0 fully saturated rings. The van der Waals surface area contributed by atoms with Crippen LogP contribution in [0, 0.1) is 11.8 Å². The van der Waals surface area contributed by atoms with Crippen molar-refractivity contribution < 1.29 is 11.0 Å². The van der Waals surface area contributed by atoms with E-state index in [0.717, 1.165) is 44.5 Å². The summed E-state index contributed by atoms with van der Waals surface area (Å²) in [5, 5.41) is 0. The van der Waals surface area contributed by atoms with E-state index in [1.165, 1.54) is 4.90 Å². The molecule has 2 unspecified atom stereocenters. The zero-order chi connectivity index (χ0) is 49.4. The summed E-state index contributed by atoms with van der Waals surface area (Å²) < 4.78 is 77.8. The molecule has 62 heavy (non-hydrogen) atoms. The molecule has 1 heteroatoms. The van der Waals surface area contributed by atoms with E-state index in [1.54, 1.807) is 60.7 Å². The average Bonchev–Trinajstić information content (AvgIpc) is 3.69. The molecule has 0 aromatic heterocycles. The molecular formula is C61H49N. The van der Waals surface area contributed by atoms with E-state index in [9.17, 15) is 11.0 Å². The fourth-order valence-electron chi connectivity index (χ4n) is 8.78. The van der Waals surface area contributed by atoms with E-state index >= 15 is 0 Å². The third-order valence-electron chi connectivity index (χ3n) is 11.7. The molecule has 0 amide bonds. The van der Waals surface area contributed by atoms with Crippen molar-refractivity contribution in [2.45, 2.75) is 5.41 Å². The first kappa shape index (κ1) is 31.2. The van der Waals surface area contributed by atoms with Gasteiger partial charge in [-0.15, -0.1) is 13.2 Å². The summed E-state index contributed by atoms with van der Waals surface area (Å²) in [4.78, 5) is 1.39. The quantitative estimate of drug-likeness (QED) is 0.0829. The fraction of sp³-hybridized carbons (Fsp3) is 0.0492. The van der Waals surface area contributed by atoms with Crippen molar-refractivity contribution in [1.29, 1.82) is 0 Å². The maximum Gasteiger partial charge on any atom is 0.0714 e. The standard InChI is InChI=1S/C61H49N/c1-5-9-19-46-28-30-51(42-49(46)20-10-6-2)48-33-37-55(38-34-48)62(54-35-31-47(32-36-54)50-29-27-44(7-3)45(8-4)41-50)56-39-40-58-57-25-17-18-26-59(57)61(60(58)43-56,52-21-13-11-14-22-52)53-23-15-12-16-24-53/h5-45H,1-4H2/b19-9-,20-10-/i31D,32D,33D,34D,35D,36D,37D,38D. The van der Waals surface area contributed by atoms with Gasteiger partial charge in [0, 0.05) is 28.9 Å². The normalized spacial score (nSPS) is 17.8. The molecule has 0 heterocycles. The molecule has 9 rings (SSSR count). The first-order valence-corrected chi connectivity index (χ1v) is 20.7. The van der Waals surface area contributed by atoms with Crippen molar-refractivity contribution in [3.63, 3.8) is 0 Å². The Morgan fingerprint density at radius 2 is 1.08 bits per heavy atom. The largest absolute Gasteiger partial charge is 0.310 e. The number of allylic oxidation sites excluding steroid dienone is 10. The number of benzene rings is 7. The van der Waals surface area contributed by atoms with Crippen molar-refractivity contribution in [3.8, 4) is 22.3 Å². The van der Waals surface area contributed by atoms with Gasteiger partial charge in [-0.05, 0) is 109 Å². The number of hydrogen-bond acceptors (Lipinski definition) is 1. The van der Waals surface area contributed by atoms with E-state index in [0.29, 0.717) is 16.8 Å². The summed E-state index contributed by atoms with van der Waals surface area (Å²) in [5.74, 6) is -0.263. The predicted octanol–water partition coefficient (Wildman–Crippen LogP) is 16.1. The van der Waals surface area contributed by atoms with Gasteiger partial charge in [0.1, 0.15) is 0 Å². The van der Waals surface area contributed by atoms with E-state index < -0.39 is 29.6 Å². The van der Waals surface area contributed by atoms with Crippen LogP contribution in [0.4, 0.5) is 17.1 Å². The minimum Gasteiger partial charge on any atom is -0.310 e. The van der Waals surface area contributed by atoms with Crippen LogP contribution in [0.2, 0.25) is 0 Å². The van der Waals surface area contributed by atoms with E-state index in [4.69, 9.17) is 0 Å². The second-order valence-electron chi connectivity index (χ2n) is 15.2. The first-order valence-electron chi connectivity index (χ1n) is 24.7. The second kappa shape index (κ2) is 17.5. The molecule has 0 bridgehead atoms. The summed E-state index contributed by atoms with van der Waals surface area (Å²) >= 11 is 0. The zero-order valence-electron chi connectivity index (χ0n) is 42.3. The van der Waals surface area contributed by atoms with Gasteiger partial charge in [0.15, 0.2) is 0 Å². The van der Waals surface area contributed by atoms with Crippen LogP contribution in [0.25, 0.3) is 40.0 Å². The Hall–Kier alpha value is -7.74. The Labute approximate surface area is 378 Å². The van der Waals surface area contributed by atoms with Gasteiger partial charge in [-0.3, -0.25) is 0 Å². The lowest BCUT2D eigenvalue weighted by molar-refractivity contribution is 0.673. The number of fused-ring (bicyclic) bond motifs is 3. The Kier molecular flexibility index (Phi) is 8.78. The Bertz CT molecular complexity index is 3300. The molecule has 1 nitrogen and oxygen atoms in total. The van der Waals surface area contributed by atoms with Gasteiger partial charge >= 0.3 is 0 Å². The van der Waals surface area contributed by atoms with Crippen LogP contribution < -0.4 is 4.90 Å². The van der Waals surface area contributed by atoms with Crippen LogP contribution in [0.3, 0.4) is 0 Å². The summed E-state index contributed by atoms with van der Waals surface area (Å²) in [7, 11) is 0. The summed E-state index contributed by atoms with van der Waals surface area (Å²) in [6, 6.07) is 36.6. The lowest BCUT2D eigenvalue weighted by Gasteiger charge is -2.35. The number of rotatable bonds is 13. The summed E-state index contributed by atoms with van der Waals surface area (Å²) in [6.45, 7) is 15.5. The molecule has 2 aliphatic carbocycles. The van der Waals surface area contributed by atoms with Crippen LogP contribution in [0.15, 0.2) is 251 Å². The minimum atomic E-state index is -0.886. The smallest absolute Gasteiger partial charge is 0.0714 e. The van der Waals surface area contributed by atoms with Crippen LogP contribution in [0.5, 0.6) is 0 Å². The molecule has 0 aliphatic heterocycles. The lowest BCUT2D eigenvalue weighted by Crippen LogP contribution is -2.28. The molecule has 0 saturated carbocycles. The van der Waals surface area contributed by atoms with Gasteiger partial charge in [0.05, 0.1) is 16.4 Å². The Balaban J connectivity index is 1.35. The van der Waals surface area contributed by atoms with Crippen molar-refractivity contribution in [2.75, 3.05) is 4.90 Å². The monoisotopic (exact) mass is 803 g/mol. The Morgan fingerprint density at radius 3 is 1.71 bits per heavy atom. The zero-order valence-corrected chi connectivity index (χ0v) is 34.3. The highest BCUT2D eigenvalue weighted by Gasteiger charge is 2.46. The van der Waals surface area contributed by atoms with Crippen molar-refractivity contribution >= 4 is 34.8 Å². The molecule has 0 spiro atoms. The Morgan fingerprint density at radius 1 is 0.500 bits per heavy atom. The van der Waals surface area contributed by atoms with Crippen molar-refractivity contribution in [3.05, 3.63) is 290 Å². The van der Waals surface area contributed by atoms with Gasteiger partial charge in [-0.25, -0.2) is 0 Å². The molecule has 0 N–H and O–H groups in total. The maximum absolute atomic E-state index is 9.85. The van der Waals surface area contributed by atoms with E-state index in [1.807, 2.05) is 91.0 Å². The lowest BCUT2D eigenvalue weighted by atomic mass is 9.67. The predicted molar refractivity (Wildman–Crippen MR) is 267 cm³/mol. The summed E-state index contributed by atoms with van der Waals surface area (Å²) in [6.07, 6.45) is 19.7. The van der Waals surface area contributed by atoms with Crippen molar-refractivity contribution in [1.82, 2.24) is 0 Å². The van der Waals surface area contributed by atoms with Gasteiger partial charge in [-0.2, -0.15) is 0 Å². The molecule has 7 aromatic rings. The molecule has 2 aliphatic rings. The highest BCUT2D eigenvalue weighted by molar-refractivity contribution is 5.90. The molecule has 7 aromatic carbocycles. The van der Waals surface area contributed by atoms with E-state index in [-0.39, 0.29) is 58.5 Å². The third-order valence-corrected chi connectivity index (χ3v) is 11.7. The fourth-order valence-corrected chi connectivity index (χ4v) is 8.78. The second-order valence-corrected chi connectivity index (χ2v) is 15.2. The van der Waals surface area contributed by atoms with Crippen LogP contribution in [-0.2, 0) is 5.41 Å². The maximum atomic E-state index is 9.85. The SMILES string of the molecule is [2H]c1c([2H])c(N(c2ccc3c(c2)C(c2ccccc2)(c2ccccc2)c2ccccc2-3)c2c([2H])c([2H])c(-c3ccc(/C=C\C=C)c(/C=C\C=C)c3)c([2H])c2[2H])c([2H])c([2H])c1C1=CC(C=C)C(C=C)C=C1. The van der Waals surface area contributed by atoms with E-state index in [2.05, 4.69) is 62.7 Å².